The van der Waals surface area contributed by atoms with E-state index in [0.29, 0.717) is 11.8 Å². The molecule has 0 N–H and O–H groups in total. The van der Waals surface area contributed by atoms with Gasteiger partial charge in [-0.2, -0.15) is 0 Å². The molecule has 130 valence electrons. The molecule has 0 amide bonds. The molecule has 0 aliphatic rings. The minimum atomic E-state index is 0.478. The van der Waals surface area contributed by atoms with Crippen LogP contribution in [0.2, 0.25) is 0 Å². The molecule has 0 bridgehead atoms. The van der Waals surface area contributed by atoms with Crippen molar-refractivity contribution >= 4 is 21.5 Å². The number of hydrogen-bond acceptors (Lipinski definition) is 0. The Hall–Kier alpha value is -2.60. The van der Waals surface area contributed by atoms with E-state index in [9.17, 15) is 0 Å². The normalized spacial score (nSPS) is 11.8. The van der Waals surface area contributed by atoms with Crippen molar-refractivity contribution in [1.82, 2.24) is 0 Å². The van der Waals surface area contributed by atoms with E-state index in [-0.39, 0.29) is 0 Å². The van der Waals surface area contributed by atoms with Crippen LogP contribution in [0, 0.1) is 0 Å². The molecule has 0 radical (unpaired) electrons. The van der Waals surface area contributed by atoms with Gasteiger partial charge in [0.25, 0.3) is 0 Å². The molecule has 0 nitrogen and oxygen atoms in total. The second kappa shape index (κ2) is 6.61. The predicted octanol–water partition coefficient (Wildman–Crippen LogP) is 7.91. The lowest BCUT2D eigenvalue weighted by Crippen LogP contribution is -2.03. The molecular formula is C26H26. The summed E-state index contributed by atoms with van der Waals surface area (Å²) in [6.45, 7) is 9.26. The summed E-state index contributed by atoms with van der Waals surface area (Å²) in [5.74, 6) is 0.983. The Morgan fingerprint density at radius 1 is 0.577 bits per heavy atom. The molecule has 4 aromatic carbocycles. The van der Waals surface area contributed by atoms with E-state index in [0.717, 1.165) is 0 Å². The smallest absolute Gasteiger partial charge is 0.00616 e. The molecule has 0 aliphatic carbocycles. The number of rotatable bonds is 3. The first kappa shape index (κ1) is 16.8. The first-order valence-corrected chi connectivity index (χ1v) is 9.61. The molecule has 0 saturated carbocycles. The summed E-state index contributed by atoms with van der Waals surface area (Å²) in [7, 11) is 0. The Kier molecular flexibility index (Phi) is 4.28. The van der Waals surface area contributed by atoms with Gasteiger partial charge in [0.05, 0.1) is 0 Å². The molecule has 4 aromatic rings. The predicted molar refractivity (Wildman–Crippen MR) is 115 cm³/mol. The van der Waals surface area contributed by atoms with Crippen molar-refractivity contribution in [2.24, 2.45) is 0 Å². The van der Waals surface area contributed by atoms with Gasteiger partial charge in [0, 0.05) is 0 Å². The van der Waals surface area contributed by atoms with Gasteiger partial charge in [-0.25, -0.2) is 0 Å². The zero-order chi connectivity index (χ0) is 18.3. The van der Waals surface area contributed by atoms with Gasteiger partial charge in [-0.05, 0) is 55.6 Å². The summed E-state index contributed by atoms with van der Waals surface area (Å²) in [4.78, 5) is 0. The highest BCUT2D eigenvalue weighted by atomic mass is 14.2. The van der Waals surface area contributed by atoms with E-state index in [1.54, 1.807) is 0 Å². The van der Waals surface area contributed by atoms with Crippen LogP contribution in [0.1, 0.15) is 50.7 Å². The average molecular weight is 338 g/mol. The SMILES string of the molecule is CC(C)c1cc2ccccc2c(-c2cccc3ccccc23)c1C(C)C. The third-order valence-electron chi connectivity index (χ3n) is 5.38. The summed E-state index contributed by atoms with van der Waals surface area (Å²) in [6.07, 6.45) is 0. The highest BCUT2D eigenvalue weighted by Crippen LogP contribution is 2.43. The van der Waals surface area contributed by atoms with Crippen molar-refractivity contribution in [2.75, 3.05) is 0 Å². The highest BCUT2D eigenvalue weighted by molar-refractivity contribution is 6.07. The van der Waals surface area contributed by atoms with Gasteiger partial charge < -0.3 is 0 Å². The van der Waals surface area contributed by atoms with E-state index in [1.165, 1.54) is 43.8 Å². The summed E-state index contributed by atoms with van der Waals surface area (Å²) >= 11 is 0. The maximum absolute atomic E-state index is 2.41. The second-order valence-corrected chi connectivity index (χ2v) is 7.81. The van der Waals surface area contributed by atoms with Gasteiger partial charge in [0.15, 0.2) is 0 Å². The molecule has 0 fully saturated rings. The molecule has 4 rings (SSSR count). The van der Waals surface area contributed by atoms with Crippen LogP contribution in [0.3, 0.4) is 0 Å². The summed E-state index contributed by atoms with van der Waals surface area (Å²) in [6, 6.07) is 26.7. The standard InChI is InChI=1S/C26H26/c1-17(2)24-16-20-11-6-8-14-22(20)26(25(24)18(3)4)23-15-9-12-19-10-5-7-13-21(19)23/h5-18H,1-4H3. The van der Waals surface area contributed by atoms with Crippen LogP contribution in [0.25, 0.3) is 32.7 Å². The molecule has 0 saturated heterocycles. The highest BCUT2D eigenvalue weighted by Gasteiger charge is 2.20. The molecular weight excluding hydrogens is 312 g/mol. The Morgan fingerprint density at radius 3 is 1.88 bits per heavy atom. The number of benzene rings is 4. The van der Waals surface area contributed by atoms with Gasteiger partial charge in [0.2, 0.25) is 0 Å². The maximum atomic E-state index is 2.41. The lowest BCUT2D eigenvalue weighted by atomic mass is 9.80. The van der Waals surface area contributed by atoms with E-state index in [4.69, 9.17) is 0 Å². The summed E-state index contributed by atoms with van der Waals surface area (Å²) < 4.78 is 0. The van der Waals surface area contributed by atoms with Crippen LogP contribution in [0.15, 0.2) is 72.8 Å². The van der Waals surface area contributed by atoms with Gasteiger partial charge in [-0.1, -0.05) is 100 Å². The molecule has 0 heterocycles. The fourth-order valence-corrected chi connectivity index (χ4v) is 4.22. The van der Waals surface area contributed by atoms with Crippen molar-refractivity contribution in [3.05, 3.63) is 83.9 Å². The molecule has 0 atom stereocenters. The van der Waals surface area contributed by atoms with Crippen LogP contribution in [0.5, 0.6) is 0 Å². The van der Waals surface area contributed by atoms with Crippen molar-refractivity contribution < 1.29 is 0 Å². The zero-order valence-corrected chi connectivity index (χ0v) is 16.1. The fourth-order valence-electron chi connectivity index (χ4n) is 4.22. The van der Waals surface area contributed by atoms with E-state index < -0.39 is 0 Å². The van der Waals surface area contributed by atoms with E-state index >= 15 is 0 Å². The molecule has 0 heteroatoms. The second-order valence-electron chi connectivity index (χ2n) is 7.81. The molecule has 0 unspecified atom stereocenters. The van der Waals surface area contributed by atoms with Crippen LogP contribution < -0.4 is 0 Å². The Labute approximate surface area is 156 Å². The number of hydrogen-bond donors (Lipinski definition) is 0. The van der Waals surface area contributed by atoms with E-state index in [2.05, 4.69) is 100 Å². The van der Waals surface area contributed by atoms with Crippen LogP contribution in [-0.2, 0) is 0 Å². The largest absolute Gasteiger partial charge is 0.0616 e. The van der Waals surface area contributed by atoms with Gasteiger partial charge in [-0.15, -0.1) is 0 Å². The van der Waals surface area contributed by atoms with Crippen molar-refractivity contribution in [3.63, 3.8) is 0 Å². The lowest BCUT2D eigenvalue weighted by Gasteiger charge is -2.24. The van der Waals surface area contributed by atoms with Gasteiger partial charge >= 0.3 is 0 Å². The summed E-state index contributed by atoms with van der Waals surface area (Å²) in [5, 5.41) is 5.34. The van der Waals surface area contributed by atoms with Crippen molar-refractivity contribution in [1.29, 1.82) is 0 Å². The maximum Gasteiger partial charge on any atom is -0.00616 e. The fraction of sp³-hybridized carbons (Fsp3) is 0.231. The monoisotopic (exact) mass is 338 g/mol. The van der Waals surface area contributed by atoms with Crippen LogP contribution >= 0.6 is 0 Å². The van der Waals surface area contributed by atoms with Crippen LogP contribution in [0.4, 0.5) is 0 Å². The topological polar surface area (TPSA) is 0 Å². The minimum Gasteiger partial charge on any atom is -0.0616 e. The van der Waals surface area contributed by atoms with Gasteiger partial charge in [0.1, 0.15) is 0 Å². The summed E-state index contributed by atoms with van der Waals surface area (Å²) in [5.41, 5.74) is 5.74. The van der Waals surface area contributed by atoms with Gasteiger partial charge in [-0.3, -0.25) is 0 Å². The Balaban J connectivity index is 2.22. The molecule has 0 aliphatic heterocycles. The first-order chi connectivity index (χ1) is 12.6. The average Bonchev–Trinajstić information content (AvgIpc) is 2.65. The van der Waals surface area contributed by atoms with E-state index in [1.807, 2.05) is 0 Å². The quantitative estimate of drug-likeness (QED) is 0.356. The number of fused-ring (bicyclic) bond motifs is 2. The minimum absolute atomic E-state index is 0.478. The lowest BCUT2D eigenvalue weighted by molar-refractivity contribution is 0.795. The first-order valence-electron chi connectivity index (χ1n) is 9.61. The van der Waals surface area contributed by atoms with Crippen LogP contribution in [-0.4, -0.2) is 0 Å². The molecule has 0 aromatic heterocycles. The molecule has 0 spiro atoms. The van der Waals surface area contributed by atoms with Crippen molar-refractivity contribution in [3.8, 4) is 11.1 Å². The Morgan fingerprint density at radius 2 is 1.19 bits per heavy atom. The Bertz CT molecular complexity index is 1080. The third-order valence-corrected chi connectivity index (χ3v) is 5.38. The van der Waals surface area contributed by atoms with Crippen molar-refractivity contribution in [2.45, 2.75) is 39.5 Å². The molecule has 26 heavy (non-hydrogen) atoms. The third kappa shape index (κ3) is 2.70. The zero-order valence-electron chi connectivity index (χ0n) is 16.1.